The number of carbonyl (C=O) groups excluding carboxylic acids is 1. The van der Waals surface area contributed by atoms with Gasteiger partial charge in [-0.15, -0.1) is 0 Å². The third kappa shape index (κ3) is 4.86. The molecule has 7 nitrogen and oxygen atoms in total. The van der Waals surface area contributed by atoms with Crippen molar-refractivity contribution in [2.45, 2.75) is 47.5 Å². The number of para-hydroxylation sites is 1. The van der Waals surface area contributed by atoms with Gasteiger partial charge in [0.1, 0.15) is 11.7 Å². The fourth-order valence-corrected chi connectivity index (χ4v) is 8.93. The van der Waals surface area contributed by atoms with E-state index in [2.05, 4.69) is 10.3 Å². The van der Waals surface area contributed by atoms with Gasteiger partial charge in [-0.1, -0.05) is 35.9 Å². The summed E-state index contributed by atoms with van der Waals surface area (Å²) in [6, 6.07) is 17.7. The van der Waals surface area contributed by atoms with Crippen LogP contribution in [0.4, 0.5) is 14.5 Å². The zero-order valence-corrected chi connectivity index (χ0v) is 23.7. The zero-order valence-electron chi connectivity index (χ0n) is 22.2. The van der Waals surface area contributed by atoms with Gasteiger partial charge in [0.05, 0.1) is 26.4 Å². The molecule has 2 aliphatic carbocycles. The summed E-state index contributed by atoms with van der Waals surface area (Å²) in [7, 11) is -4.06. The number of hydrogen-bond acceptors (Lipinski definition) is 6. The van der Waals surface area contributed by atoms with E-state index >= 15 is 0 Å². The maximum Gasteiger partial charge on any atom is 0.255 e. The van der Waals surface area contributed by atoms with Gasteiger partial charge in [0.2, 0.25) is 0 Å². The lowest BCUT2D eigenvalue weighted by Crippen LogP contribution is -2.52. The second-order valence-corrected chi connectivity index (χ2v) is 13.7. The SMILES string of the molecule is O=C(Nc1ccc(F)c(F)c1)c1ccc(Cl)c(S(=O)(=O)C2CC3CC[C@@H](C2)C3(O)C(O)c2ccc3ccccc3n2)c1. The molecule has 2 saturated carbocycles. The van der Waals surface area contributed by atoms with Crippen LogP contribution in [0.2, 0.25) is 5.02 Å². The van der Waals surface area contributed by atoms with Gasteiger partial charge in [0.25, 0.3) is 5.91 Å². The number of nitrogens with one attached hydrogen (secondary N) is 1. The molecule has 42 heavy (non-hydrogen) atoms. The molecule has 4 aromatic rings. The summed E-state index contributed by atoms with van der Waals surface area (Å²) in [5.74, 6) is -3.93. The Labute approximate surface area is 246 Å². The van der Waals surface area contributed by atoms with E-state index in [4.69, 9.17) is 11.6 Å². The molecule has 4 unspecified atom stereocenters. The number of rotatable bonds is 6. The van der Waals surface area contributed by atoms with E-state index in [9.17, 15) is 32.2 Å². The lowest BCUT2D eigenvalue weighted by Gasteiger charge is -2.45. The summed E-state index contributed by atoms with van der Waals surface area (Å²) in [5, 5.41) is 25.6. The quantitative estimate of drug-likeness (QED) is 0.252. The van der Waals surface area contributed by atoms with Gasteiger partial charge in [0, 0.05) is 22.7 Å². The predicted octanol–water partition coefficient (Wildman–Crippen LogP) is 5.85. The molecule has 218 valence electrons. The smallest absolute Gasteiger partial charge is 0.255 e. The minimum atomic E-state index is -4.06. The second kappa shape index (κ2) is 10.7. The number of fused-ring (bicyclic) bond motifs is 3. The van der Waals surface area contributed by atoms with E-state index in [1.807, 2.05) is 30.3 Å². The molecule has 2 fully saturated rings. The average molecular weight is 613 g/mol. The number of aromatic nitrogens is 1. The highest BCUT2D eigenvalue weighted by Gasteiger charge is 2.59. The van der Waals surface area contributed by atoms with Crippen LogP contribution in [0.15, 0.2) is 77.7 Å². The van der Waals surface area contributed by atoms with Crippen molar-refractivity contribution in [1.29, 1.82) is 0 Å². The van der Waals surface area contributed by atoms with Crippen molar-refractivity contribution in [2.75, 3.05) is 5.32 Å². The summed E-state index contributed by atoms with van der Waals surface area (Å²) in [6.45, 7) is 0. The molecular formula is C31H27ClF2N2O5S. The Morgan fingerprint density at radius 3 is 2.40 bits per heavy atom. The Morgan fingerprint density at radius 1 is 0.976 bits per heavy atom. The molecule has 3 aromatic carbocycles. The van der Waals surface area contributed by atoms with Crippen LogP contribution in [-0.2, 0) is 9.84 Å². The Morgan fingerprint density at radius 2 is 1.69 bits per heavy atom. The van der Waals surface area contributed by atoms with Crippen LogP contribution < -0.4 is 5.32 Å². The molecular weight excluding hydrogens is 586 g/mol. The van der Waals surface area contributed by atoms with E-state index in [-0.39, 0.29) is 34.0 Å². The normalized spacial score (nSPS) is 24.5. The van der Waals surface area contributed by atoms with Crippen molar-refractivity contribution in [1.82, 2.24) is 4.98 Å². The highest BCUT2D eigenvalue weighted by molar-refractivity contribution is 7.92. The molecule has 6 rings (SSSR count). The van der Waals surface area contributed by atoms with E-state index in [0.717, 1.165) is 17.5 Å². The molecule has 0 radical (unpaired) electrons. The fourth-order valence-electron chi connectivity index (χ4n) is 6.53. The summed E-state index contributed by atoms with van der Waals surface area (Å²) in [5.41, 5.74) is -0.560. The molecule has 0 saturated heterocycles. The number of amides is 1. The van der Waals surface area contributed by atoms with Gasteiger partial charge >= 0.3 is 0 Å². The van der Waals surface area contributed by atoms with Crippen molar-refractivity contribution in [3.63, 3.8) is 0 Å². The summed E-state index contributed by atoms with van der Waals surface area (Å²) in [6.07, 6.45) is -0.0108. The van der Waals surface area contributed by atoms with Crippen LogP contribution >= 0.6 is 11.6 Å². The number of anilines is 1. The monoisotopic (exact) mass is 612 g/mol. The number of nitrogens with zero attached hydrogens (tertiary/aromatic N) is 1. The molecule has 1 amide bonds. The Bertz CT molecular complexity index is 1800. The van der Waals surface area contributed by atoms with Crippen LogP contribution in [0.5, 0.6) is 0 Å². The first kappa shape index (κ1) is 28.7. The largest absolute Gasteiger partial charge is 0.386 e. The molecule has 3 N–H and O–H groups in total. The van der Waals surface area contributed by atoms with Crippen LogP contribution in [0.25, 0.3) is 10.9 Å². The maximum atomic E-state index is 13.9. The number of pyridine rings is 1. The molecule has 0 spiro atoms. The van der Waals surface area contributed by atoms with Crippen LogP contribution in [-0.4, -0.2) is 40.4 Å². The lowest BCUT2D eigenvalue weighted by molar-refractivity contribution is -0.145. The highest BCUT2D eigenvalue weighted by Crippen LogP contribution is 2.56. The third-order valence-corrected chi connectivity index (χ3v) is 11.4. The van der Waals surface area contributed by atoms with Crippen molar-refractivity contribution < 1.29 is 32.2 Å². The van der Waals surface area contributed by atoms with Gasteiger partial charge in [-0.05, 0) is 80.0 Å². The Kier molecular flexibility index (Phi) is 7.29. The van der Waals surface area contributed by atoms with E-state index in [1.54, 1.807) is 6.07 Å². The topological polar surface area (TPSA) is 117 Å². The first-order valence-corrected chi connectivity index (χ1v) is 15.5. The average Bonchev–Trinajstić information content (AvgIpc) is 3.13. The molecule has 1 heterocycles. The van der Waals surface area contributed by atoms with Gasteiger partial charge in [0.15, 0.2) is 21.5 Å². The van der Waals surface area contributed by atoms with Crippen LogP contribution in [0.1, 0.15) is 47.8 Å². The number of aliphatic hydroxyl groups excluding tert-OH is 1. The van der Waals surface area contributed by atoms with Crippen molar-refractivity contribution in [2.24, 2.45) is 11.8 Å². The first-order valence-electron chi connectivity index (χ1n) is 13.5. The molecule has 2 bridgehead atoms. The maximum absolute atomic E-state index is 13.9. The molecule has 2 aliphatic rings. The van der Waals surface area contributed by atoms with Gasteiger partial charge in [-0.2, -0.15) is 0 Å². The zero-order chi connectivity index (χ0) is 29.8. The standard InChI is InChI=1S/C31H27ClF2N2O5S/c32-23-10-5-18(30(38)35-21-9-11-24(33)25(34)16-21)13-28(23)42(40,41)22-14-19-7-8-20(15-22)31(19,39)29(37)27-12-6-17-3-1-2-4-26(17)36-27/h1-6,9-13,16,19-20,22,29,37,39H,7-8,14-15H2,(H,35,38)/t19-,20?,22?,29?,31?/m0/s1. The Balaban J connectivity index is 1.24. The van der Waals surface area contributed by atoms with E-state index in [1.165, 1.54) is 24.3 Å². The number of sulfone groups is 1. The minimum Gasteiger partial charge on any atom is -0.386 e. The fraction of sp³-hybridized carbons (Fsp3) is 0.290. The first-order chi connectivity index (χ1) is 20.0. The molecule has 0 aliphatic heterocycles. The van der Waals surface area contributed by atoms with Crippen LogP contribution in [0, 0.1) is 23.5 Å². The summed E-state index contributed by atoms with van der Waals surface area (Å²) in [4.78, 5) is 17.2. The minimum absolute atomic E-state index is 0.000796. The number of carbonyl (C=O) groups is 1. The Hall–Kier alpha value is -3.44. The number of halogens is 3. The third-order valence-electron chi connectivity index (χ3n) is 8.72. The summed E-state index contributed by atoms with van der Waals surface area (Å²) < 4.78 is 54.6. The molecule has 5 atom stereocenters. The van der Waals surface area contributed by atoms with Gasteiger partial charge in [-0.3, -0.25) is 4.79 Å². The van der Waals surface area contributed by atoms with Gasteiger partial charge < -0.3 is 15.5 Å². The summed E-state index contributed by atoms with van der Waals surface area (Å²) >= 11 is 6.33. The second-order valence-electron chi connectivity index (χ2n) is 11.1. The van der Waals surface area contributed by atoms with Crippen LogP contribution in [0.3, 0.4) is 0 Å². The predicted molar refractivity (Wildman–Crippen MR) is 154 cm³/mol. The molecule has 11 heteroatoms. The number of aliphatic hydroxyl groups is 2. The van der Waals surface area contributed by atoms with Crippen molar-refractivity contribution in [3.05, 3.63) is 101 Å². The molecule has 1 aromatic heterocycles. The highest BCUT2D eigenvalue weighted by atomic mass is 35.5. The van der Waals surface area contributed by atoms with E-state index < -0.39 is 56.2 Å². The van der Waals surface area contributed by atoms with E-state index in [0.29, 0.717) is 24.1 Å². The van der Waals surface area contributed by atoms with Crippen molar-refractivity contribution in [3.8, 4) is 0 Å². The van der Waals surface area contributed by atoms with Crippen molar-refractivity contribution >= 4 is 43.9 Å². The number of hydrogen-bond donors (Lipinski definition) is 3. The number of benzene rings is 3. The van der Waals surface area contributed by atoms with Gasteiger partial charge in [-0.25, -0.2) is 22.2 Å². The lowest BCUT2D eigenvalue weighted by atomic mass is 9.70.